The quantitative estimate of drug-likeness (QED) is 0.233. The highest BCUT2D eigenvalue weighted by Crippen LogP contribution is 2.35. The summed E-state index contributed by atoms with van der Waals surface area (Å²) in [5.41, 5.74) is 0. The zero-order valence-electron chi connectivity index (χ0n) is 15.7. The molecule has 0 saturated carbocycles. The van der Waals surface area contributed by atoms with Crippen LogP contribution in [0.3, 0.4) is 0 Å². The van der Waals surface area contributed by atoms with Crippen LogP contribution in [0.2, 0.25) is 18.1 Å². The van der Waals surface area contributed by atoms with E-state index in [9.17, 15) is 13.2 Å². The van der Waals surface area contributed by atoms with E-state index in [1.165, 1.54) is 38.5 Å². The average molecular weight is 351 g/mol. The Bertz CT molecular complexity index is 309. The van der Waals surface area contributed by atoms with Gasteiger partial charge >= 0.3 is 6.18 Å². The summed E-state index contributed by atoms with van der Waals surface area (Å²) >= 11 is 0. The Morgan fingerprint density at radius 2 is 1.17 bits per heavy atom. The van der Waals surface area contributed by atoms with E-state index in [-0.39, 0.29) is 0 Å². The maximum atomic E-state index is 12.9. The van der Waals surface area contributed by atoms with E-state index in [4.69, 9.17) is 0 Å². The fourth-order valence-electron chi connectivity index (χ4n) is 3.57. The van der Waals surface area contributed by atoms with E-state index in [0.717, 1.165) is 36.2 Å². The molecule has 0 aliphatic carbocycles. The molecule has 0 aromatic rings. The van der Waals surface area contributed by atoms with Gasteiger partial charge in [-0.25, -0.2) is 0 Å². The average Bonchev–Trinajstić information content (AvgIpc) is 2.50. The zero-order valence-corrected chi connectivity index (χ0v) is 16.7. The van der Waals surface area contributed by atoms with Crippen LogP contribution in [0.25, 0.3) is 0 Å². The molecule has 23 heavy (non-hydrogen) atoms. The molecule has 4 heteroatoms. The number of alkyl halides is 3. The van der Waals surface area contributed by atoms with Gasteiger partial charge in [-0.05, 0) is 12.8 Å². The summed E-state index contributed by atoms with van der Waals surface area (Å²) < 4.78 is 38.8. The molecule has 0 nitrogen and oxygen atoms in total. The zero-order chi connectivity index (χ0) is 17.8. The van der Waals surface area contributed by atoms with E-state index in [0.29, 0.717) is 12.5 Å². The van der Waals surface area contributed by atoms with Crippen molar-refractivity contribution in [2.75, 3.05) is 0 Å². The van der Waals surface area contributed by atoms with Crippen LogP contribution in [-0.4, -0.2) is 14.3 Å². The molecule has 0 rings (SSSR count). The van der Waals surface area contributed by atoms with Crippen LogP contribution >= 0.6 is 0 Å². The van der Waals surface area contributed by atoms with Gasteiger partial charge in [-0.15, -0.1) is 0 Å². The Hall–Kier alpha value is -0.253. The van der Waals surface area contributed by atoms with Gasteiger partial charge in [0.2, 0.25) is 0 Å². The minimum atomic E-state index is -4.16. The molecule has 0 aliphatic rings. The highest BCUT2D eigenvalue weighted by atomic mass is 28.3. The number of hydrogen-bond acceptors (Lipinski definition) is 0. The van der Waals surface area contributed by atoms with Crippen LogP contribution in [0.5, 0.6) is 0 Å². The third kappa shape index (κ3) is 9.58. The van der Waals surface area contributed by atoms with Gasteiger partial charge in [-0.2, -0.15) is 13.2 Å². The molecular weight excluding hydrogens is 313 g/mol. The van der Waals surface area contributed by atoms with Gasteiger partial charge in [0, 0.05) is 6.08 Å². The standard InChI is InChI=1S/C19H37F3Si/c1-5-9-10-11-12-13-14-15-16-18(17-19(20,21)22)23(6-2,7-3)8-4/h17H,5-16H2,1-4H3/b18-17+. The Balaban J connectivity index is 4.49. The van der Waals surface area contributed by atoms with E-state index in [2.05, 4.69) is 27.7 Å². The molecule has 0 aromatic carbocycles. The monoisotopic (exact) mass is 350 g/mol. The lowest BCUT2D eigenvalue weighted by molar-refractivity contribution is -0.0803. The van der Waals surface area contributed by atoms with Gasteiger partial charge < -0.3 is 0 Å². The van der Waals surface area contributed by atoms with E-state index in [1.54, 1.807) is 0 Å². The van der Waals surface area contributed by atoms with Crippen molar-refractivity contribution in [2.45, 2.75) is 110 Å². The third-order valence-electron chi connectivity index (χ3n) is 5.35. The van der Waals surface area contributed by atoms with Gasteiger partial charge in [0.05, 0.1) is 8.07 Å². The summed E-state index contributed by atoms with van der Waals surface area (Å²) in [7, 11) is -1.90. The van der Waals surface area contributed by atoms with Crippen molar-refractivity contribution in [3.63, 3.8) is 0 Å². The first-order chi connectivity index (χ1) is 10.8. The van der Waals surface area contributed by atoms with Crippen molar-refractivity contribution in [1.29, 1.82) is 0 Å². The predicted molar refractivity (Wildman–Crippen MR) is 98.6 cm³/mol. The first kappa shape index (κ1) is 22.7. The van der Waals surface area contributed by atoms with Gasteiger partial charge in [0.1, 0.15) is 0 Å². The molecule has 0 bridgehead atoms. The highest BCUT2D eigenvalue weighted by Gasteiger charge is 2.35. The molecule has 0 atom stereocenters. The lowest BCUT2D eigenvalue weighted by atomic mass is 10.1. The van der Waals surface area contributed by atoms with Crippen LogP contribution in [0.1, 0.15) is 85.5 Å². The summed E-state index contributed by atoms with van der Waals surface area (Å²) in [5.74, 6) is 0. The fourth-order valence-corrected chi connectivity index (χ4v) is 7.61. The van der Waals surface area contributed by atoms with Crippen LogP contribution in [0.4, 0.5) is 13.2 Å². The molecule has 0 amide bonds. The minimum absolute atomic E-state index is 0.663. The normalized spacial score (nSPS) is 13.6. The lowest BCUT2D eigenvalue weighted by Gasteiger charge is -2.32. The van der Waals surface area contributed by atoms with Gasteiger partial charge in [0.15, 0.2) is 0 Å². The van der Waals surface area contributed by atoms with Crippen molar-refractivity contribution >= 4 is 8.07 Å². The number of rotatable bonds is 13. The molecule has 0 unspecified atom stereocenters. The number of unbranched alkanes of at least 4 members (excludes halogenated alkanes) is 7. The Morgan fingerprint density at radius 3 is 1.57 bits per heavy atom. The topological polar surface area (TPSA) is 0 Å². The van der Waals surface area contributed by atoms with E-state index >= 15 is 0 Å². The largest absolute Gasteiger partial charge is 0.409 e. The second-order valence-electron chi connectivity index (χ2n) is 6.78. The first-order valence-corrected chi connectivity index (χ1v) is 12.3. The van der Waals surface area contributed by atoms with Gasteiger partial charge in [-0.3, -0.25) is 0 Å². The summed E-state index contributed by atoms with van der Waals surface area (Å²) in [5, 5.41) is 0.767. The molecule has 0 saturated heterocycles. The minimum Gasteiger partial charge on any atom is -0.167 e. The van der Waals surface area contributed by atoms with Crippen molar-refractivity contribution in [3.05, 3.63) is 11.3 Å². The van der Waals surface area contributed by atoms with Crippen molar-refractivity contribution in [2.24, 2.45) is 0 Å². The predicted octanol–water partition coefficient (Wildman–Crippen LogP) is 8.05. The summed E-state index contributed by atoms with van der Waals surface area (Å²) in [6.45, 7) is 8.45. The Kier molecular flexibility index (Phi) is 12.0. The SMILES string of the molecule is CCCCCCCCCC/C(=C\C(F)(F)F)[Si](CC)(CC)CC. The summed E-state index contributed by atoms with van der Waals surface area (Å²) in [6, 6.07) is 2.79. The second-order valence-corrected chi connectivity index (χ2v) is 12.1. The molecule has 0 heterocycles. The third-order valence-corrected chi connectivity index (χ3v) is 11.2. The lowest BCUT2D eigenvalue weighted by Crippen LogP contribution is -2.35. The number of halogens is 3. The molecule has 0 fully saturated rings. The van der Waals surface area contributed by atoms with Crippen LogP contribution in [-0.2, 0) is 0 Å². The van der Waals surface area contributed by atoms with Crippen LogP contribution in [0, 0.1) is 0 Å². The Labute approximate surface area is 142 Å². The van der Waals surface area contributed by atoms with Gasteiger partial charge in [0.25, 0.3) is 0 Å². The molecule has 0 radical (unpaired) electrons. The smallest absolute Gasteiger partial charge is 0.167 e. The second kappa shape index (κ2) is 12.2. The number of allylic oxidation sites excluding steroid dienone is 2. The Morgan fingerprint density at radius 1 is 0.739 bits per heavy atom. The van der Waals surface area contributed by atoms with Crippen LogP contribution in [0.15, 0.2) is 11.3 Å². The molecular formula is C19H37F3Si. The molecule has 0 spiro atoms. The fraction of sp³-hybridized carbons (Fsp3) is 0.895. The van der Waals surface area contributed by atoms with Crippen molar-refractivity contribution < 1.29 is 13.2 Å². The highest BCUT2D eigenvalue weighted by molar-refractivity contribution is 6.86. The van der Waals surface area contributed by atoms with Gasteiger partial charge in [-0.1, -0.05) is 96.0 Å². The molecule has 0 N–H and O–H groups in total. The van der Waals surface area contributed by atoms with E-state index < -0.39 is 14.3 Å². The maximum absolute atomic E-state index is 12.9. The molecule has 0 aromatic heterocycles. The molecule has 0 aliphatic heterocycles. The summed E-state index contributed by atoms with van der Waals surface area (Å²) in [6.07, 6.45) is 6.69. The van der Waals surface area contributed by atoms with Crippen molar-refractivity contribution in [3.8, 4) is 0 Å². The summed E-state index contributed by atoms with van der Waals surface area (Å²) in [4.78, 5) is 0. The van der Waals surface area contributed by atoms with Crippen LogP contribution < -0.4 is 0 Å². The van der Waals surface area contributed by atoms with Crippen molar-refractivity contribution in [1.82, 2.24) is 0 Å². The maximum Gasteiger partial charge on any atom is 0.409 e. The number of hydrogen-bond donors (Lipinski definition) is 0. The van der Waals surface area contributed by atoms with E-state index in [1.807, 2.05) is 0 Å². The molecule has 138 valence electrons. The first-order valence-electron chi connectivity index (χ1n) is 9.64.